The maximum atomic E-state index is 12.6. The Morgan fingerprint density at radius 2 is 2.27 bits per heavy atom. The zero-order chi connectivity index (χ0) is 11.4. The molecule has 0 aromatic carbocycles. The Morgan fingerprint density at radius 1 is 1.60 bits per heavy atom. The summed E-state index contributed by atoms with van der Waals surface area (Å²) in [6.07, 6.45) is -2.73. The van der Waals surface area contributed by atoms with Crippen molar-refractivity contribution in [2.75, 3.05) is 5.73 Å². The van der Waals surface area contributed by atoms with Crippen molar-refractivity contribution in [3.63, 3.8) is 0 Å². The van der Waals surface area contributed by atoms with Gasteiger partial charge in [0.05, 0.1) is 18.2 Å². The highest BCUT2D eigenvalue weighted by atomic mass is 79.9. The van der Waals surface area contributed by atoms with Crippen molar-refractivity contribution in [3.05, 3.63) is 22.9 Å². The number of halogens is 3. The highest BCUT2D eigenvalue weighted by Gasteiger charge is 2.17. The molecule has 0 aliphatic rings. The van der Waals surface area contributed by atoms with Crippen molar-refractivity contribution in [2.24, 2.45) is 0 Å². The summed E-state index contributed by atoms with van der Waals surface area (Å²) in [5.41, 5.74) is 5.84. The van der Waals surface area contributed by atoms with Crippen molar-refractivity contribution in [1.82, 2.24) is 4.98 Å². The van der Waals surface area contributed by atoms with E-state index in [4.69, 9.17) is 11.0 Å². The molecule has 3 nitrogen and oxygen atoms in total. The summed E-state index contributed by atoms with van der Waals surface area (Å²) in [6, 6.07) is 2.95. The number of aromatic nitrogens is 1. The summed E-state index contributed by atoms with van der Waals surface area (Å²) < 4.78 is 25.3. The molecule has 0 aliphatic carbocycles. The molecule has 0 fully saturated rings. The average molecular weight is 276 g/mol. The Kier molecular flexibility index (Phi) is 3.97. The fraction of sp³-hybridized carbons (Fsp3) is 0.333. The first-order valence-electron chi connectivity index (χ1n) is 4.09. The van der Waals surface area contributed by atoms with Gasteiger partial charge >= 0.3 is 0 Å². The summed E-state index contributed by atoms with van der Waals surface area (Å²) in [5, 5.41) is 8.85. The van der Waals surface area contributed by atoms with E-state index < -0.39 is 6.43 Å². The van der Waals surface area contributed by atoms with Gasteiger partial charge in [0.25, 0.3) is 6.43 Å². The number of nitrogen functional groups attached to an aromatic ring is 1. The van der Waals surface area contributed by atoms with Crippen LogP contribution in [0.2, 0.25) is 0 Å². The molecular formula is C9H8BrF2N3. The van der Waals surface area contributed by atoms with Crippen LogP contribution in [0, 0.1) is 11.3 Å². The van der Waals surface area contributed by atoms with Crippen LogP contribution >= 0.6 is 15.9 Å². The lowest BCUT2D eigenvalue weighted by molar-refractivity contribution is 0.150. The normalized spacial score (nSPS) is 10.3. The zero-order valence-corrected chi connectivity index (χ0v) is 9.26. The van der Waals surface area contributed by atoms with Gasteiger partial charge in [0.1, 0.15) is 5.82 Å². The number of nitriles is 1. The van der Waals surface area contributed by atoms with Crippen LogP contribution in [0.1, 0.15) is 23.2 Å². The van der Waals surface area contributed by atoms with Crippen LogP contribution in [-0.4, -0.2) is 4.98 Å². The highest BCUT2D eigenvalue weighted by Crippen LogP contribution is 2.27. The molecule has 1 aromatic heterocycles. The fourth-order valence-corrected chi connectivity index (χ4v) is 1.72. The number of anilines is 1. The van der Waals surface area contributed by atoms with Crippen molar-refractivity contribution < 1.29 is 8.78 Å². The number of hydrogen-bond acceptors (Lipinski definition) is 3. The van der Waals surface area contributed by atoms with Gasteiger partial charge < -0.3 is 5.73 Å². The third-order valence-corrected chi connectivity index (χ3v) is 2.41. The van der Waals surface area contributed by atoms with E-state index in [1.165, 1.54) is 0 Å². The lowest BCUT2D eigenvalue weighted by Gasteiger charge is -2.10. The molecule has 6 heteroatoms. The van der Waals surface area contributed by atoms with Gasteiger partial charge in [-0.25, -0.2) is 13.8 Å². The molecule has 0 radical (unpaired) electrons. The first-order chi connectivity index (χ1) is 7.10. The first kappa shape index (κ1) is 11.9. The Morgan fingerprint density at radius 3 is 2.73 bits per heavy atom. The molecule has 15 heavy (non-hydrogen) atoms. The second kappa shape index (κ2) is 5.03. The molecule has 2 N–H and O–H groups in total. The molecule has 1 aromatic rings. The Hall–Kier alpha value is -1.22. The van der Waals surface area contributed by atoms with E-state index in [1.54, 1.807) is 0 Å². The van der Waals surface area contributed by atoms with Crippen LogP contribution < -0.4 is 5.73 Å². The van der Waals surface area contributed by atoms with Crippen LogP contribution in [0.25, 0.3) is 0 Å². The van der Waals surface area contributed by atoms with E-state index in [9.17, 15) is 8.78 Å². The molecule has 0 amide bonds. The van der Waals surface area contributed by atoms with Crippen molar-refractivity contribution in [2.45, 2.75) is 18.2 Å². The van der Waals surface area contributed by atoms with E-state index >= 15 is 0 Å². The Labute approximate surface area is 94.0 Å². The molecule has 80 valence electrons. The van der Waals surface area contributed by atoms with Crippen LogP contribution in [0.3, 0.4) is 0 Å². The lowest BCUT2D eigenvalue weighted by Crippen LogP contribution is -2.05. The molecule has 1 heterocycles. The van der Waals surface area contributed by atoms with Crippen LogP contribution in [-0.2, 0) is 11.8 Å². The van der Waals surface area contributed by atoms with Gasteiger partial charge in [-0.05, 0) is 11.6 Å². The second-order valence-electron chi connectivity index (χ2n) is 2.83. The molecule has 0 bridgehead atoms. The Bertz CT molecular complexity index is 401. The summed E-state index contributed by atoms with van der Waals surface area (Å²) in [7, 11) is 0. The minimum atomic E-state index is -2.64. The van der Waals surface area contributed by atoms with Crippen molar-refractivity contribution in [3.8, 4) is 6.07 Å². The minimum absolute atomic E-state index is 0.0430. The number of nitrogens with zero attached hydrogens (tertiary/aromatic N) is 2. The maximum Gasteiger partial charge on any atom is 0.264 e. The van der Waals surface area contributed by atoms with E-state index in [-0.39, 0.29) is 23.4 Å². The predicted molar refractivity (Wildman–Crippen MR) is 55.6 cm³/mol. The van der Waals surface area contributed by atoms with Gasteiger partial charge in [0.15, 0.2) is 0 Å². The fourth-order valence-electron chi connectivity index (χ4n) is 1.26. The minimum Gasteiger partial charge on any atom is -0.384 e. The third kappa shape index (κ3) is 2.63. The van der Waals surface area contributed by atoms with Crippen LogP contribution in [0.15, 0.2) is 6.07 Å². The monoisotopic (exact) mass is 275 g/mol. The van der Waals surface area contributed by atoms with Gasteiger partial charge in [-0.1, -0.05) is 15.9 Å². The van der Waals surface area contributed by atoms with E-state index in [2.05, 4.69) is 20.9 Å². The first-order valence-corrected chi connectivity index (χ1v) is 5.21. The average Bonchev–Trinajstić information content (AvgIpc) is 2.19. The van der Waals surface area contributed by atoms with Crippen LogP contribution in [0.4, 0.5) is 14.6 Å². The molecule has 0 spiro atoms. The molecule has 0 unspecified atom stereocenters. The van der Waals surface area contributed by atoms with Gasteiger partial charge in [-0.3, -0.25) is 0 Å². The van der Waals surface area contributed by atoms with Gasteiger partial charge in [-0.15, -0.1) is 0 Å². The molecule has 0 saturated heterocycles. The maximum absolute atomic E-state index is 12.6. The smallest absolute Gasteiger partial charge is 0.264 e. The number of alkyl halides is 3. The SMILES string of the molecule is N#CCc1c(C(F)F)cc(N)nc1CBr. The second-order valence-corrected chi connectivity index (χ2v) is 3.39. The largest absolute Gasteiger partial charge is 0.384 e. The summed E-state index contributed by atoms with van der Waals surface area (Å²) in [5.74, 6) is 0.0430. The quantitative estimate of drug-likeness (QED) is 0.863. The van der Waals surface area contributed by atoms with E-state index in [0.717, 1.165) is 6.07 Å². The summed E-state index contributed by atoms with van der Waals surface area (Å²) >= 11 is 3.12. The molecule has 0 atom stereocenters. The summed E-state index contributed by atoms with van der Waals surface area (Å²) in [6.45, 7) is 0. The number of nitrogens with two attached hydrogens (primary N) is 1. The molecule has 1 rings (SSSR count). The standard InChI is InChI=1S/C9H8BrF2N3/c10-4-7-5(1-2-13)6(9(11)12)3-8(14)15-7/h3,9H,1,4H2,(H2,14,15). The van der Waals surface area contributed by atoms with Crippen LogP contribution in [0.5, 0.6) is 0 Å². The lowest BCUT2D eigenvalue weighted by atomic mass is 10.0. The number of pyridine rings is 1. The number of hydrogen-bond donors (Lipinski definition) is 1. The van der Waals surface area contributed by atoms with Gasteiger partial charge in [-0.2, -0.15) is 5.26 Å². The van der Waals surface area contributed by atoms with E-state index in [0.29, 0.717) is 11.0 Å². The number of rotatable bonds is 3. The van der Waals surface area contributed by atoms with Gasteiger partial charge in [0.2, 0.25) is 0 Å². The third-order valence-electron chi connectivity index (χ3n) is 1.88. The topological polar surface area (TPSA) is 62.7 Å². The van der Waals surface area contributed by atoms with Crippen molar-refractivity contribution >= 4 is 21.7 Å². The van der Waals surface area contributed by atoms with E-state index in [1.807, 2.05) is 6.07 Å². The highest BCUT2D eigenvalue weighted by molar-refractivity contribution is 9.08. The molecule has 0 aliphatic heterocycles. The zero-order valence-electron chi connectivity index (χ0n) is 7.67. The summed E-state index contributed by atoms with van der Waals surface area (Å²) in [4.78, 5) is 3.90. The Balaban J connectivity index is 3.34. The van der Waals surface area contributed by atoms with Gasteiger partial charge in [0, 0.05) is 10.9 Å². The molecular weight excluding hydrogens is 268 g/mol. The van der Waals surface area contributed by atoms with Crippen molar-refractivity contribution in [1.29, 1.82) is 5.26 Å². The molecule has 0 saturated carbocycles. The predicted octanol–water partition coefficient (Wildman–Crippen LogP) is 2.56.